The van der Waals surface area contributed by atoms with E-state index in [1.165, 1.54) is 18.9 Å². The van der Waals surface area contributed by atoms with Crippen LogP contribution in [0.2, 0.25) is 0 Å². The number of benzene rings is 1. The zero-order valence-corrected chi connectivity index (χ0v) is 13.2. The van der Waals surface area contributed by atoms with Gasteiger partial charge in [0, 0.05) is 6.54 Å². The van der Waals surface area contributed by atoms with Crippen LogP contribution in [0.5, 0.6) is 0 Å². The Balaban J connectivity index is 2.62. The van der Waals surface area contributed by atoms with Crippen molar-refractivity contribution in [2.75, 3.05) is 13.4 Å². The first-order valence-corrected chi connectivity index (χ1v) is 8.01. The molecule has 6 heteroatoms. The molecule has 0 aliphatic heterocycles. The van der Waals surface area contributed by atoms with Gasteiger partial charge in [0.15, 0.2) is 5.16 Å². The number of thioether (sulfide) groups is 1. The minimum Gasteiger partial charge on any atom is -0.465 e. The van der Waals surface area contributed by atoms with E-state index in [1.54, 1.807) is 22.8 Å². The lowest BCUT2D eigenvalue weighted by atomic mass is 10.1. The average Bonchev–Trinajstić information content (AvgIpc) is 2.52. The number of esters is 1. The van der Waals surface area contributed by atoms with Crippen LogP contribution in [0, 0.1) is 0 Å². The van der Waals surface area contributed by atoms with E-state index in [1.807, 2.05) is 6.26 Å². The van der Waals surface area contributed by atoms with E-state index in [9.17, 15) is 9.59 Å². The number of carbonyl (C=O) groups excluding carboxylic acids is 1. The molecule has 112 valence electrons. The van der Waals surface area contributed by atoms with Crippen molar-refractivity contribution in [1.82, 2.24) is 9.55 Å². The van der Waals surface area contributed by atoms with Crippen LogP contribution >= 0.6 is 11.8 Å². The van der Waals surface area contributed by atoms with Gasteiger partial charge >= 0.3 is 5.97 Å². The van der Waals surface area contributed by atoms with Crippen molar-refractivity contribution in [1.29, 1.82) is 0 Å². The highest BCUT2D eigenvalue weighted by atomic mass is 32.2. The third-order valence-corrected chi connectivity index (χ3v) is 3.94. The summed E-state index contributed by atoms with van der Waals surface area (Å²) >= 11 is 1.43. The van der Waals surface area contributed by atoms with Crippen molar-refractivity contribution in [3.05, 3.63) is 34.1 Å². The van der Waals surface area contributed by atoms with E-state index in [2.05, 4.69) is 11.9 Å². The molecule has 0 amide bonds. The third kappa shape index (κ3) is 3.10. The molecule has 1 aromatic carbocycles. The quantitative estimate of drug-likeness (QED) is 0.483. The molecule has 0 saturated heterocycles. The van der Waals surface area contributed by atoms with E-state index in [0.717, 1.165) is 12.8 Å². The lowest BCUT2D eigenvalue weighted by Gasteiger charge is -2.11. The molecule has 0 unspecified atom stereocenters. The predicted octanol–water partition coefficient (Wildman–Crippen LogP) is 2.71. The molecule has 0 aliphatic rings. The Labute approximate surface area is 127 Å². The first-order valence-electron chi connectivity index (χ1n) is 6.79. The minimum absolute atomic E-state index is 0.0609. The molecule has 2 aromatic rings. The van der Waals surface area contributed by atoms with Gasteiger partial charge in [-0.2, -0.15) is 0 Å². The zero-order chi connectivity index (χ0) is 15.4. The fourth-order valence-corrected chi connectivity index (χ4v) is 2.70. The Hall–Kier alpha value is -1.82. The molecule has 0 saturated carbocycles. The molecule has 1 aromatic heterocycles. The molecule has 0 atom stereocenters. The van der Waals surface area contributed by atoms with E-state index in [4.69, 9.17) is 4.74 Å². The molecule has 5 nitrogen and oxygen atoms in total. The number of hydrogen-bond donors (Lipinski definition) is 0. The number of hydrogen-bond acceptors (Lipinski definition) is 5. The summed E-state index contributed by atoms with van der Waals surface area (Å²) in [6.45, 7) is 2.74. The van der Waals surface area contributed by atoms with Gasteiger partial charge in [0.25, 0.3) is 5.56 Å². The smallest absolute Gasteiger partial charge is 0.337 e. The number of nitrogens with zero attached hydrogens (tertiary/aromatic N) is 2. The summed E-state index contributed by atoms with van der Waals surface area (Å²) < 4.78 is 6.40. The first-order chi connectivity index (χ1) is 10.1. The molecular weight excluding hydrogens is 288 g/mol. The molecule has 0 aliphatic carbocycles. The average molecular weight is 306 g/mol. The highest BCUT2D eigenvalue weighted by Crippen LogP contribution is 2.17. The molecule has 21 heavy (non-hydrogen) atoms. The van der Waals surface area contributed by atoms with Crippen LogP contribution in [0.3, 0.4) is 0 Å². The van der Waals surface area contributed by atoms with Crippen molar-refractivity contribution in [3.63, 3.8) is 0 Å². The normalized spacial score (nSPS) is 10.8. The van der Waals surface area contributed by atoms with Crippen LogP contribution in [0.4, 0.5) is 0 Å². The lowest BCUT2D eigenvalue weighted by Crippen LogP contribution is -2.23. The summed E-state index contributed by atoms with van der Waals surface area (Å²) in [5, 5.41) is 1.19. The van der Waals surface area contributed by atoms with Gasteiger partial charge in [-0.05, 0) is 30.9 Å². The Morgan fingerprint density at radius 3 is 2.81 bits per heavy atom. The highest BCUT2D eigenvalue weighted by Gasteiger charge is 2.13. The second-order valence-corrected chi connectivity index (χ2v) is 5.41. The molecule has 0 bridgehead atoms. The number of carbonyl (C=O) groups is 1. The Morgan fingerprint density at radius 1 is 1.43 bits per heavy atom. The van der Waals surface area contributed by atoms with Crippen LogP contribution in [0.25, 0.3) is 10.9 Å². The number of aromatic nitrogens is 2. The monoisotopic (exact) mass is 306 g/mol. The van der Waals surface area contributed by atoms with Crippen molar-refractivity contribution in [2.45, 2.75) is 31.5 Å². The van der Waals surface area contributed by atoms with E-state index < -0.39 is 5.97 Å². The lowest BCUT2D eigenvalue weighted by molar-refractivity contribution is 0.0601. The molecule has 0 N–H and O–H groups in total. The van der Waals surface area contributed by atoms with E-state index in [-0.39, 0.29) is 5.56 Å². The second kappa shape index (κ2) is 6.76. The summed E-state index contributed by atoms with van der Waals surface area (Å²) in [7, 11) is 1.33. The van der Waals surface area contributed by atoms with Gasteiger partial charge in [0.2, 0.25) is 0 Å². The van der Waals surface area contributed by atoms with Gasteiger partial charge < -0.3 is 4.74 Å². The highest BCUT2D eigenvalue weighted by molar-refractivity contribution is 7.98. The summed E-state index contributed by atoms with van der Waals surface area (Å²) in [6, 6.07) is 4.84. The maximum absolute atomic E-state index is 12.6. The fourth-order valence-electron chi connectivity index (χ4n) is 2.11. The van der Waals surface area contributed by atoms with Crippen LogP contribution in [0.1, 0.15) is 30.1 Å². The molecule has 1 heterocycles. The summed E-state index contributed by atoms with van der Waals surface area (Å²) in [5.41, 5.74) is 0.865. The Kier molecular flexibility index (Phi) is 5.01. The second-order valence-electron chi connectivity index (χ2n) is 4.63. The SMILES string of the molecule is CCCCn1c(SC)nc2cc(C(=O)OC)ccc2c1=O. The number of rotatable bonds is 5. The maximum Gasteiger partial charge on any atom is 0.337 e. The Morgan fingerprint density at radius 2 is 2.19 bits per heavy atom. The summed E-state index contributed by atoms with van der Waals surface area (Å²) in [5.74, 6) is -0.431. The van der Waals surface area contributed by atoms with Crippen molar-refractivity contribution >= 4 is 28.6 Å². The number of fused-ring (bicyclic) bond motifs is 1. The van der Waals surface area contributed by atoms with Crippen molar-refractivity contribution < 1.29 is 9.53 Å². The van der Waals surface area contributed by atoms with E-state index >= 15 is 0 Å². The standard InChI is InChI=1S/C15H18N2O3S/c1-4-5-8-17-13(18)11-7-6-10(14(19)20-2)9-12(11)16-15(17)21-3/h6-7,9H,4-5,8H2,1-3H3. The number of ether oxygens (including phenoxy) is 1. The molecule has 0 fully saturated rings. The Bertz CT molecular complexity index is 725. The van der Waals surface area contributed by atoms with Gasteiger partial charge in [0.1, 0.15) is 0 Å². The predicted molar refractivity (Wildman–Crippen MR) is 84.0 cm³/mol. The van der Waals surface area contributed by atoms with Gasteiger partial charge in [0.05, 0.1) is 23.6 Å². The molecular formula is C15H18N2O3S. The molecule has 0 spiro atoms. The van der Waals surface area contributed by atoms with Gasteiger partial charge in [-0.1, -0.05) is 25.1 Å². The summed E-state index contributed by atoms with van der Waals surface area (Å²) in [6.07, 6.45) is 3.83. The first kappa shape index (κ1) is 15.6. The van der Waals surface area contributed by atoms with E-state index in [0.29, 0.717) is 28.2 Å². The van der Waals surface area contributed by atoms with Crippen molar-refractivity contribution in [2.24, 2.45) is 0 Å². The van der Waals surface area contributed by atoms with Crippen LogP contribution in [0.15, 0.2) is 28.2 Å². The topological polar surface area (TPSA) is 61.2 Å². The van der Waals surface area contributed by atoms with Gasteiger partial charge in [-0.3, -0.25) is 9.36 Å². The number of methoxy groups -OCH3 is 1. The van der Waals surface area contributed by atoms with Crippen LogP contribution < -0.4 is 5.56 Å². The maximum atomic E-state index is 12.6. The largest absolute Gasteiger partial charge is 0.465 e. The third-order valence-electron chi connectivity index (χ3n) is 3.26. The fraction of sp³-hybridized carbons (Fsp3) is 0.400. The summed E-state index contributed by atoms with van der Waals surface area (Å²) in [4.78, 5) is 28.6. The van der Waals surface area contributed by atoms with Crippen molar-refractivity contribution in [3.8, 4) is 0 Å². The van der Waals surface area contributed by atoms with Gasteiger partial charge in [-0.15, -0.1) is 0 Å². The minimum atomic E-state index is -0.431. The zero-order valence-electron chi connectivity index (χ0n) is 12.4. The van der Waals surface area contributed by atoms with Crippen LogP contribution in [-0.4, -0.2) is 28.9 Å². The van der Waals surface area contributed by atoms with Gasteiger partial charge in [-0.25, -0.2) is 9.78 Å². The molecule has 2 rings (SSSR count). The molecule has 0 radical (unpaired) electrons. The number of unbranched alkanes of at least 4 members (excludes halogenated alkanes) is 1. The van der Waals surface area contributed by atoms with Crippen LogP contribution in [-0.2, 0) is 11.3 Å².